The molecule has 33 heavy (non-hydrogen) atoms. The van der Waals surface area contributed by atoms with Crippen molar-refractivity contribution in [3.63, 3.8) is 0 Å². The van der Waals surface area contributed by atoms with Crippen molar-refractivity contribution in [1.82, 2.24) is 14.9 Å². The van der Waals surface area contributed by atoms with Gasteiger partial charge in [0.1, 0.15) is 0 Å². The summed E-state index contributed by atoms with van der Waals surface area (Å²) in [6.45, 7) is 0.150. The number of hydrogen-bond donors (Lipinski definition) is 2. The molecule has 2 atom stereocenters. The molecule has 8 nitrogen and oxygen atoms in total. The van der Waals surface area contributed by atoms with Crippen molar-refractivity contribution in [2.24, 2.45) is 0 Å². The summed E-state index contributed by atoms with van der Waals surface area (Å²) in [6, 6.07) is 19.8. The first-order chi connectivity index (χ1) is 16.1. The third-order valence-electron chi connectivity index (χ3n) is 6.23. The highest BCUT2D eigenvalue weighted by atomic mass is 16.7. The fraction of sp³-hybridized carbons (Fsp3) is 0.160. The van der Waals surface area contributed by atoms with Gasteiger partial charge < -0.3 is 19.4 Å². The van der Waals surface area contributed by atoms with Gasteiger partial charge in [-0.1, -0.05) is 36.4 Å². The monoisotopic (exact) mass is 440 g/mol. The van der Waals surface area contributed by atoms with Gasteiger partial charge in [0.25, 0.3) is 5.91 Å². The van der Waals surface area contributed by atoms with Crippen molar-refractivity contribution in [3.8, 4) is 11.5 Å². The second kappa shape index (κ2) is 7.37. The molecule has 6 rings (SSSR count). The van der Waals surface area contributed by atoms with E-state index >= 15 is 0 Å². The minimum Gasteiger partial charge on any atom is -0.454 e. The molecule has 0 unspecified atom stereocenters. The van der Waals surface area contributed by atoms with Crippen LogP contribution in [0.5, 0.6) is 11.5 Å². The predicted molar refractivity (Wildman–Crippen MR) is 121 cm³/mol. The van der Waals surface area contributed by atoms with Gasteiger partial charge in [0.15, 0.2) is 11.5 Å². The lowest BCUT2D eigenvalue weighted by Gasteiger charge is -2.39. The summed E-state index contributed by atoms with van der Waals surface area (Å²) < 4.78 is 11.0. The molecule has 4 aromatic rings. The first-order valence-corrected chi connectivity index (χ1v) is 10.6. The van der Waals surface area contributed by atoms with E-state index in [1.807, 2.05) is 54.6 Å². The second-order valence-electron chi connectivity index (χ2n) is 8.13. The Labute approximate surface area is 189 Å². The number of imidazole rings is 1. The summed E-state index contributed by atoms with van der Waals surface area (Å²) in [5.41, 5.74) is 3.57. The molecule has 2 aliphatic rings. The average molecular weight is 440 g/mol. The van der Waals surface area contributed by atoms with Crippen molar-refractivity contribution in [2.45, 2.75) is 12.0 Å². The van der Waals surface area contributed by atoms with Crippen LogP contribution in [0.2, 0.25) is 0 Å². The van der Waals surface area contributed by atoms with Gasteiger partial charge >= 0.3 is 0 Å². The van der Waals surface area contributed by atoms with Crippen molar-refractivity contribution in [2.75, 3.05) is 19.2 Å². The van der Waals surface area contributed by atoms with Crippen LogP contribution in [0.15, 0.2) is 66.7 Å². The van der Waals surface area contributed by atoms with E-state index in [-0.39, 0.29) is 18.6 Å². The molecule has 2 amide bonds. The third kappa shape index (κ3) is 3.10. The molecule has 0 saturated carbocycles. The van der Waals surface area contributed by atoms with Gasteiger partial charge in [-0.15, -0.1) is 0 Å². The number of fused-ring (bicyclic) bond motifs is 3. The number of hydrogen-bond acceptors (Lipinski definition) is 5. The summed E-state index contributed by atoms with van der Waals surface area (Å²) in [6.07, 6.45) is 0. The number of likely N-dealkylation sites (N-methyl/N-ethyl adjacent to an activating group) is 1. The van der Waals surface area contributed by atoms with E-state index in [4.69, 9.17) is 9.47 Å². The zero-order valence-electron chi connectivity index (χ0n) is 17.7. The number of nitrogens with zero attached hydrogens (tertiary/aromatic N) is 2. The number of carbonyl (C=O) groups is 2. The highest BCUT2D eigenvalue weighted by Gasteiger charge is 2.43. The van der Waals surface area contributed by atoms with Crippen LogP contribution in [-0.2, 0) is 4.79 Å². The van der Waals surface area contributed by atoms with Gasteiger partial charge in [0.2, 0.25) is 18.6 Å². The Morgan fingerprint density at radius 2 is 1.85 bits per heavy atom. The number of para-hydroxylation sites is 2. The molecule has 3 heterocycles. The number of aromatic nitrogens is 2. The lowest BCUT2D eigenvalue weighted by Crippen LogP contribution is -2.44. The normalized spacial score (nSPS) is 18.9. The Balaban J connectivity index is 1.44. The number of amides is 2. The van der Waals surface area contributed by atoms with Crippen LogP contribution in [0.4, 0.5) is 5.95 Å². The molecule has 164 valence electrons. The summed E-state index contributed by atoms with van der Waals surface area (Å²) >= 11 is 0. The van der Waals surface area contributed by atoms with Gasteiger partial charge in [-0.3, -0.25) is 14.9 Å². The molecule has 8 heteroatoms. The molecule has 0 saturated heterocycles. The molecule has 0 bridgehead atoms. The predicted octanol–water partition coefficient (Wildman–Crippen LogP) is 3.84. The van der Waals surface area contributed by atoms with E-state index < -0.39 is 12.0 Å². The zero-order chi connectivity index (χ0) is 22.5. The second-order valence-corrected chi connectivity index (χ2v) is 8.13. The number of H-pyrrole nitrogens is 1. The van der Waals surface area contributed by atoms with Crippen LogP contribution >= 0.6 is 0 Å². The number of anilines is 1. The lowest BCUT2D eigenvalue weighted by molar-refractivity contribution is -0.119. The molecule has 0 aliphatic carbocycles. The zero-order valence-corrected chi connectivity index (χ0v) is 17.7. The number of ether oxygens (including phenoxy) is 2. The summed E-state index contributed by atoms with van der Waals surface area (Å²) in [7, 11) is 1.72. The lowest BCUT2D eigenvalue weighted by atomic mass is 9.79. The number of rotatable bonds is 3. The summed E-state index contributed by atoms with van der Waals surface area (Å²) in [5.74, 6) is 0.556. The largest absolute Gasteiger partial charge is 0.454 e. The van der Waals surface area contributed by atoms with Gasteiger partial charge in [0.05, 0.1) is 23.0 Å². The van der Waals surface area contributed by atoms with Crippen molar-refractivity contribution >= 4 is 28.8 Å². The molecule has 1 aromatic heterocycles. The standard InChI is InChI=1S/C25H20N4O4/c1-29-22(14-10-11-19-20(12-14)33-13-32-19)21(15-6-2-3-7-16(15)24(29)31)23(30)28-25-26-17-8-4-5-9-18(17)27-25/h2-12,21-22H,13H2,1H3,(H2,26,27,28,30)/t21-,22-/m0/s1. The number of benzene rings is 3. The maximum atomic E-state index is 13.7. The third-order valence-corrected chi connectivity index (χ3v) is 6.23. The van der Waals surface area contributed by atoms with Crippen LogP contribution in [0.3, 0.4) is 0 Å². The van der Waals surface area contributed by atoms with E-state index in [0.29, 0.717) is 28.6 Å². The molecule has 0 fully saturated rings. The maximum Gasteiger partial charge on any atom is 0.254 e. The van der Waals surface area contributed by atoms with E-state index in [1.54, 1.807) is 24.1 Å². The summed E-state index contributed by atoms with van der Waals surface area (Å²) in [4.78, 5) is 36.1. The minimum absolute atomic E-state index is 0.138. The first-order valence-electron chi connectivity index (χ1n) is 10.6. The van der Waals surface area contributed by atoms with Crippen LogP contribution < -0.4 is 14.8 Å². The molecule has 0 radical (unpaired) electrons. The molecular formula is C25H20N4O4. The molecule has 2 N–H and O–H groups in total. The average Bonchev–Trinajstić information content (AvgIpc) is 3.46. The Hall–Kier alpha value is -4.33. The highest BCUT2D eigenvalue weighted by Crippen LogP contribution is 2.45. The van der Waals surface area contributed by atoms with Crippen molar-refractivity contribution in [3.05, 3.63) is 83.4 Å². The van der Waals surface area contributed by atoms with Gasteiger partial charge in [0, 0.05) is 12.6 Å². The Morgan fingerprint density at radius 1 is 1.06 bits per heavy atom. The molecule has 3 aromatic carbocycles. The van der Waals surface area contributed by atoms with E-state index in [1.165, 1.54) is 0 Å². The SMILES string of the molecule is CN1C(=O)c2ccccc2[C@H](C(=O)Nc2nc3ccccc3[nH]2)[C@@H]1c1ccc2c(c1)OCO2. The Kier molecular flexibility index (Phi) is 4.33. The van der Waals surface area contributed by atoms with Crippen molar-refractivity contribution < 1.29 is 19.1 Å². The number of nitrogens with one attached hydrogen (secondary N) is 2. The summed E-state index contributed by atoms with van der Waals surface area (Å²) in [5, 5.41) is 2.93. The van der Waals surface area contributed by atoms with Gasteiger partial charge in [-0.05, 0) is 41.5 Å². The van der Waals surface area contributed by atoms with E-state index in [9.17, 15) is 9.59 Å². The minimum atomic E-state index is -0.655. The van der Waals surface area contributed by atoms with Gasteiger partial charge in [-0.2, -0.15) is 0 Å². The maximum absolute atomic E-state index is 13.7. The van der Waals surface area contributed by atoms with Gasteiger partial charge in [-0.25, -0.2) is 4.98 Å². The highest BCUT2D eigenvalue weighted by molar-refractivity contribution is 6.04. The van der Waals surface area contributed by atoms with Crippen LogP contribution in [-0.4, -0.2) is 40.5 Å². The topological polar surface area (TPSA) is 96.6 Å². The Morgan fingerprint density at radius 3 is 2.73 bits per heavy atom. The van der Waals surface area contributed by atoms with Crippen LogP contribution in [0.1, 0.15) is 33.4 Å². The fourth-order valence-corrected chi connectivity index (χ4v) is 4.68. The van der Waals surface area contributed by atoms with E-state index in [2.05, 4.69) is 15.3 Å². The van der Waals surface area contributed by atoms with E-state index in [0.717, 1.165) is 16.6 Å². The van der Waals surface area contributed by atoms with Crippen LogP contribution in [0, 0.1) is 0 Å². The molecular weight excluding hydrogens is 420 g/mol. The smallest absolute Gasteiger partial charge is 0.254 e. The molecule has 2 aliphatic heterocycles. The Bertz CT molecular complexity index is 1380. The quantitative estimate of drug-likeness (QED) is 0.505. The van der Waals surface area contributed by atoms with Crippen LogP contribution in [0.25, 0.3) is 11.0 Å². The molecule has 0 spiro atoms. The number of aromatic amines is 1. The number of carbonyl (C=O) groups excluding carboxylic acids is 2. The first kappa shape index (κ1) is 19.4. The fourth-order valence-electron chi connectivity index (χ4n) is 4.68. The van der Waals surface area contributed by atoms with Crippen molar-refractivity contribution in [1.29, 1.82) is 0 Å².